The van der Waals surface area contributed by atoms with Gasteiger partial charge in [0.2, 0.25) is 0 Å². The maximum atomic E-state index is 12.2. The third-order valence-corrected chi connectivity index (χ3v) is 3.50. The van der Waals surface area contributed by atoms with Gasteiger partial charge < -0.3 is 10.0 Å². The molecule has 0 aliphatic carbocycles. The molecule has 1 aliphatic rings. The summed E-state index contributed by atoms with van der Waals surface area (Å²) < 4.78 is 0. The fraction of sp³-hybridized carbons (Fsp3) is 0.429. The zero-order valence-electron chi connectivity index (χ0n) is 10.4. The van der Waals surface area contributed by atoms with Crippen LogP contribution in [-0.4, -0.2) is 41.4 Å². The summed E-state index contributed by atoms with van der Waals surface area (Å²) in [5.74, 6) is 0.157. The van der Waals surface area contributed by atoms with E-state index >= 15 is 0 Å². The van der Waals surface area contributed by atoms with Crippen molar-refractivity contribution in [2.24, 2.45) is 5.92 Å². The quantitative estimate of drug-likeness (QED) is 0.802. The first-order valence-corrected chi connectivity index (χ1v) is 6.14. The Morgan fingerprint density at radius 1 is 1.39 bits per heavy atom. The number of amides is 1. The van der Waals surface area contributed by atoms with E-state index in [0.717, 1.165) is 12.7 Å². The molecule has 4 heteroatoms. The van der Waals surface area contributed by atoms with Crippen molar-refractivity contribution >= 4 is 12.2 Å². The second-order valence-corrected chi connectivity index (χ2v) is 4.82. The van der Waals surface area contributed by atoms with Gasteiger partial charge >= 0.3 is 0 Å². The van der Waals surface area contributed by atoms with Crippen LogP contribution in [-0.2, 0) is 0 Å². The Hall–Kier alpha value is -1.68. The van der Waals surface area contributed by atoms with Crippen LogP contribution >= 0.6 is 0 Å². The molecule has 0 aromatic heterocycles. The first-order chi connectivity index (χ1) is 8.61. The number of rotatable bonds is 2. The fourth-order valence-corrected chi connectivity index (χ4v) is 2.12. The standard InChI is InChI=1S/C14H17NO3/c1-10-6-7-15(8-13(10)17)14(18)12-4-2-11(9-16)3-5-12/h2-5,9-10,13,17H,6-8H2,1H3. The van der Waals surface area contributed by atoms with E-state index in [4.69, 9.17) is 0 Å². The number of hydrogen-bond donors (Lipinski definition) is 1. The minimum atomic E-state index is -0.447. The van der Waals surface area contributed by atoms with Gasteiger partial charge in [-0.05, 0) is 24.5 Å². The van der Waals surface area contributed by atoms with E-state index in [1.807, 2.05) is 6.92 Å². The van der Waals surface area contributed by atoms with Gasteiger partial charge in [-0.1, -0.05) is 19.1 Å². The molecule has 96 valence electrons. The lowest BCUT2D eigenvalue weighted by atomic mass is 9.95. The van der Waals surface area contributed by atoms with Gasteiger partial charge in [-0.15, -0.1) is 0 Å². The van der Waals surface area contributed by atoms with Crippen LogP contribution in [0.3, 0.4) is 0 Å². The number of piperidine rings is 1. The van der Waals surface area contributed by atoms with E-state index in [1.54, 1.807) is 29.2 Å². The van der Waals surface area contributed by atoms with Gasteiger partial charge in [-0.3, -0.25) is 9.59 Å². The van der Waals surface area contributed by atoms with Crippen molar-refractivity contribution < 1.29 is 14.7 Å². The summed E-state index contributed by atoms with van der Waals surface area (Å²) in [5.41, 5.74) is 1.11. The fourth-order valence-electron chi connectivity index (χ4n) is 2.12. The van der Waals surface area contributed by atoms with Gasteiger partial charge in [0, 0.05) is 24.2 Å². The van der Waals surface area contributed by atoms with Crippen LogP contribution in [0.4, 0.5) is 0 Å². The lowest BCUT2D eigenvalue weighted by molar-refractivity contribution is 0.0248. The predicted molar refractivity (Wildman–Crippen MR) is 67.5 cm³/mol. The number of nitrogens with zero attached hydrogens (tertiary/aromatic N) is 1. The minimum absolute atomic E-state index is 0.0848. The van der Waals surface area contributed by atoms with Crippen LogP contribution in [0.15, 0.2) is 24.3 Å². The highest BCUT2D eigenvalue weighted by Crippen LogP contribution is 2.19. The second-order valence-electron chi connectivity index (χ2n) is 4.82. The number of likely N-dealkylation sites (tertiary alicyclic amines) is 1. The summed E-state index contributed by atoms with van der Waals surface area (Å²) in [6.07, 6.45) is 1.12. The SMILES string of the molecule is CC1CCN(C(=O)c2ccc(C=O)cc2)CC1O. The Balaban J connectivity index is 2.08. The second kappa shape index (κ2) is 5.31. The number of aldehydes is 1. The van der Waals surface area contributed by atoms with Gasteiger partial charge in [0.25, 0.3) is 5.91 Å². The van der Waals surface area contributed by atoms with Crippen molar-refractivity contribution in [2.45, 2.75) is 19.4 Å². The van der Waals surface area contributed by atoms with Gasteiger partial charge in [-0.2, -0.15) is 0 Å². The first-order valence-electron chi connectivity index (χ1n) is 6.14. The van der Waals surface area contributed by atoms with Gasteiger partial charge in [0.05, 0.1) is 6.10 Å². The molecule has 0 saturated carbocycles. The van der Waals surface area contributed by atoms with E-state index in [2.05, 4.69) is 0 Å². The summed E-state index contributed by atoms with van der Waals surface area (Å²) in [5, 5.41) is 9.79. The molecule has 1 aromatic rings. The topological polar surface area (TPSA) is 57.6 Å². The summed E-state index contributed by atoms with van der Waals surface area (Å²) >= 11 is 0. The lowest BCUT2D eigenvalue weighted by Gasteiger charge is -2.34. The van der Waals surface area contributed by atoms with Gasteiger partial charge in [0.15, 0.2) is 0 Å². The Kier molecular flexibility index (Phi) is 3.77. The summed E-state index contributed by atoms with van der Waals surface area (Å²) in [6, 6.07) is 6.55. The predicted octanol–water partition coefficient (Wildman–Crippen LogP) is 1.34. The molecule has 2 rings (SSSR count). The molecule has 1 N–H and O–H groups in total. The van der Waals surface area contributed by atoms with Crippen LogP contribution in [0, 0.1) is 5.92 Å². The van der Waals surface area contributed by atoms with Gasteiger partial charge in [-0.25, -0.2) is 0 Å². The zero-order chi connectivity index (χ0) is 13.1. The van der Waals surface area contributed by atoms with Crippen molar-refractivity contribution in [2.75, 3.05) is 13.1 Å². The van der Waals surface area contributed by atoms with Crippen LogP contribution in [0.5, 0.6) is 0 Å². The molecule has 18 heavy (non-hydrogen) atoms. The molecule has 2 unspecified atom stereocenters. The van der Waals surface area contributed by atoms with Crippen molar-refractivity contribution in [1.29, 1.82) is 0 Å². The number of hydrogen-bond acceptors (Lipinski definition) is 3. The highest BCUT2D eigenvalue weighted by molar-refractivity contribution is 5.95. The Bertz CT molecular complexity index is 441. The molecule has 2 atom stereocenters. The largest absolute Gasteiger partial charge is 0.391 e. The molecule has 0 spiro atoms. The van der Waals surface area contributed by atoms with E-state index in [1.165, 1.54) is 0 Å². The molecule has 4 nitrogen and oxygen atoms in total. The monoisotopic (exact) mass is 247 g/mol. The van der Waals surface area contributed by atoms with Gasteiger partial charge in [0.1, 0.15) is 6.29 Å². The van der Waals surface area contributed by atoms with E-state index in [0.29, 0.717) is 24.2 Å². The van der Waals surface area contributed by atoms with Crippen LogP contribution in [0.25, 0.3) is 0 Å². The third kappa shape index (κ3) is 2.59. The Labute approximate surface area is 106 Å². The average Bonchev–Trinajstić information content (AvgIpc) is 2.41. The molecule has 1 amide bonds. The normalized spacial score (nSPS) is 23.8. The van der Waals surface area contributed by atoms with Crippen LogP contribution in [0.2, 0.25) is 0 Å². The number of aliphatic hydroxyl groups is 1. The summed E-state index contributed by atoms with van der Waals surface area (Å²) in [4.78, 5) is 24.4. The molecule has 1 aromatic carbocycles. The number of benzene rings is 1. The molecule has 0 bridgehead atoms. The zero-order valence-corrected chi connectivity index (χ0v) is 10.4. The summed E-state index contributed by atoms with van der Waals surface area (Å²) in [7, 11) is 0. The molecular weight excluding hydrogens is 230 g/mol. The van der Waals surface area contributed by atoms with Crippen LogP contribution in [0.1, 0.15) is 34.1 Å². The molecule has 1 fully saturated rings. The van der Waals surface area contributed by atoms with E-state index < -0.39 is 6.10 Å². The number of carbonyl (C=O) groups excluding carboxylic acids is 2. The van der Waals surface area contributed by atoms with E-state index in [-0.39, 0.29) is 11.8 Å². The Morgan fingerprint density at radius 2 is 2.06 bits per heavy atom. The number of β-amino-alcohol motifs (C(OH)–C–C–N with tert-alkyl or cyclic N) is 1. The highest BCUT2D eigenvalue weighted by atomic mass is 16.3. The number of carbonyl (C=O) groups is 2. The van der Waals surface area contributed by atoms with E-state index in [9.17, 15) is 14.7 Å². The molecule has 1 aliphatic heterocycles. The van der Waals surface area contributed by atoms with Crippen molar-refractivity contribution in [3.8, 4) is 0 Å². The maximum absolute atomic E-state index is 12.2. The first kappa shape index (κ1) is 12.8. The lowest BCUT2D eigenvalue weighted by Crippen LogP contribution is -2.45. The smallest absolute Gasteiger partial charge is 0.253 e. The van der Waals surface area contributed by atoms with Crippen molar-refractivity contribution in [3.05, 3.63) is 35.4 Å². The van der Waals surface area contributed by atoms with Crippen LogP contribution < -0.4 is 0 Å². The molecule has 0 radical (unpaired) electrons. The highest BCUT2D eigenvalue weighted by Gasteiger charge is 2.27. The third-order valence-electron chi connectivity index (χ3n) is 3.50. The average molecular weight is 247 g/mol. The van der Waals surface area contributed by atoms with Crippen molar-refractivity contribution in [1.82, 2.24) is 4.90 Å². The molecular formula is C14H17NO3. The molecule has 1 saturated heterocycles. The maximum Gasteiger partial charge on any atom is 0.253 e. The summed E-state index contributed by atoms with van der Waals surface area (Å²) in [6.45, 7) is 3.05. The number of aliphatic hydroxyl groups excluding tert-OH is 1. The molecule has 1 heterocycles. The minimum Gasteiger partial charge on any atom is -0.391 e. The van der Waals surface area contributed by atoms with Crippen molar-refractivity contribution in [3.63, 3.8) is 0 Å². The Morgan fingerprint density at radius 3 is 2.61 bits per heavy atom.